The van der Waals surface area contributed by atoms with E-state index in [9.17, 15) is 0 Å². The van der Waals surface area contributed by atoms with Gasteiger partial charge in [-0.1, -0.05) is 26.8 Å². The Bertz CT molecular complexity index is 648. The number of aliphatic imine (C=N–C) groups is 1. The van der Waals surface area contributed by atoms with E-state index < -0.39 is 0 Å². The number of likely N-dealkylation sites (N-methyl/N-ethyl adjacent to an activating group) is 2. The number of ether oxygens (including phenoxy) is 2. The number of likely N-dealkylation sites (tertiary alicyclic amines) is 1. The van der Waals surface area contributed by atoms with Gasteiger partial charge in [-0.15, -0.1) is 0 Å². The fourth-order valence-electron chi connectivity index (χ4n) is 3.93. The Hall–Kier alpha value is -1.99. The van der Waals surface area contributed by atoms with Crippen molar-refractivity contribution in [2.24, 2.45) is 4.99 Å². The van der Waals surface area contributed by atoms with Crippen LogP contribution in [0.3, 0.4) is 0 Å². The standard InChI is InChI=1S/C23H41N5O2/c1-6-27(7-2)14-15-30-21-12-11-19(16-22(21)29-5)17-25-23(24-4)26-18-20-10-9-13-28(20)8-3/h11-12,16,20H,6-10,13-15,17-18H2,1-5H3,(H2,24,25,26). The van der Waals surface area contributed by atoms with Gasteiger partial charge in [0.25, 0.3) is 0 Å². The van der Waals surface area contributed by atoms with E-state index in [1.807, 2.05) is 19.2 Å². The molecule has 1 aliphatic rings. The molecule has 1 saturated heterocycles. The highest BCUT2D eigenvalue weighted by Crippen LogP contribution is 2.28. The molecule has 1 unspecified atom stereocenters. The fourth-order valence-corrected chi connectivity index (χ4v) is 3.93. The van der Waals surface area contributed by atoms with E-state index in [1.54, 1.807) is 7.11 Å². The largest absolute Gasteiger partial charge is 0.493 e. The molecule has 1 fully saturated rings. The second-order valence-corrected chi connectivity index (χ2v) is 7.59. The maximum absolute atomic E-state index is 5.95. The zero-order valence-electron chi connectivity index (χ0n) is 19.5. The lowest BCUT2D eigenvalue weighted by molar-refractivity contribution is 0.217. The first-order chi connectivity index (χ1) is 14.6. The second kappa shape index (κ2) is 13.3. The number of guanidine groups is 1. The summed E-state index contributed by atoms with van der Waals surface area (Å²) < 4.78 is 11.5. The Balaban J connectivity index is 1.83. The molecule has 7 heteroatoms. The summed E-state index contributed by atoms with van der Waals surface area (Å²) in [5, 5.41) is 6.88. The van der Waals surface area contributed by atoms with Crippen molar-refractivity contribution in [3.63, 3.8) is 0 Å². The zero-order valence-corrected chi connectivity index (χ0v) is 19.5. The molecule has 0 bridgehead atoms. The van der Waals surface area contributed by atoms with E-state index in [0.717, 1.165) is 55.7 Å². The Morgan fingerprint density at radius 2 is 2.00 bits per heavy atom. The van der Waals surface area contributed by atoms with Crippen LogP contribution in [0, 0.1) is 0 Å². The van der Waals surface area contributed by atoms with Crippen LogP contribution in [0.1, 0.15) is 39.2 Å². The van der Waals surface area contributed by atoms with E-state index in [2.05, 4.69) is 52.3 Å². The molecule has 1 aliphatic heterocycles. The third kappa shape index (κ3) is 7.36. The van der Waals surface area contributed by atoms with Crippen LogP contribution in [0.5, 0.6) is 11.5 Å². The number of nitrogens with zero attached hydrogens (tertiary/aromatic N) is 3. The summed E-state index contributed by atoms with van der Waals surface area (Å²) in [6.07, 6.45) is 2.54. The van der Waals surface area contributed by atoms with E-state index in [-0.39, 0.29) is 0 Å². The Morgan fingerprint density at radius 3 is 2.67 bits per heavy atom. The molecule has 0 saturated carbocycles. The fraction of sp³-hybridized carbons (Fsp3) is 0.696. The van der Waals surface area contributed by atoms with E-state index in [1.165, 1.54) is 19.4 Å². The summed E-state index contributed by atoms with van der Waals surface area (Å²) in [5.74, 6) is 2.38. The van der Waals surface area contributed by atoms with Gasteiger partial charge in [-0.25, -0.2) is 0 Å². The molecule has 1 atom stereocenters. The highest BCUT2D eigenvalue weighted by Gasteiger charge is 2.22. The minimum atomic E-state index is 0.599. The van der Waals surface area contributed by atoms with Gasteiger partial charge in [0.1, 0.15) is 6.61 Å². The predicted molar refractivity (Wildman–Crippen MR) is 125 cm³/mol. The Labute approximate surface area is 182 Å². The minimum Gasteiger partial charge on any atom is -0.493 e. The molecule has 0 radical (unpaired) electrons. The van der Waals surface area contributed by atoms with Gasteiger partial charge < -0.3 is 25.0 Å². The highest BCUT2D eigenvalue weighted by atomic mass is 16.5. The molecule has 0 aromatic heterocycles. The van der Waals surface area contributed by atoms with Gasteiger partial charge in [0, 0.05) is 32.7 Å². The van der Waals surface area contributed by atoms with Crippen molar-refractivity contribution < 1.29 is 9.47 Å². The van der Waals surface area contributed by atoms with Crippen molar-refractivity contribution >= 4 is 5.96 Å². The Kier molecular flexibility index (Phi) is 10.8. The lowest BCUT2D eigenvalue weighted by Crippen LogP contribution is -2.44. The van der Waals surface area contributed by atoms with Gasteiger partial charge >= 0.3 is 0 Å². The van der Waals surface area contributed by atoms with Crippen LogP contribution >= 0.6 is 0 Å². The number of hydrogen-bond acceptors (Lipinski definition) is 5. The molecular formula is C23H41N5O2. The number of methoxy groups -OCH3 is 1. The number of nitrogens with one attached hydrogen (secondary N) is 2. The molecule has 2 rings (SSSR count). The van der Waals surface area contributed by atoms with Gasteiger partial charge in [-0.3, -0.25) is 9.89 Å². The van der Waals surface area contributed by atoms with Crippen LogP contribution in [0.25, 0.3) is 0 Å². The van der Waals surface area contributed by atoms with Crippen LogP contribution in [-0.2, 0) is 6.54 Å². The quantitative estimate of drug-likeness (QED) is 0.401. The van der Waals surface area contributed by atoms with E-state index in [0.29, 0.717) is 19.2 Å². The van der Waals surface area contributed by atoms with Crippen LogP contribution in [0.2, 0.25) is 0 Å². The molecule has 1 aromatic carbocycles. The average Bonchev–Trinajstić information content (AvgIpc) is 3.25. The first kappa shape index (κ1) is 24.3. The smallest absolute Gasteiger partial charge is 0.191 e. The van der Waals surface area contributed by atoms with E-state index in [4.69, 9.17) is 9.47 Å². The third-order valence-corrected chi connectivity index (χ3v) is 5.88. The molecule has 7 nitrogen and oxygen atoms in total. The molecule has 1 aromatic rings. The van der Waals surface area contributed by atoms with Gasteiger partial charge in [-0.05, 0) is 56.7 Å². The third-order valence-electron chi connectivity index (χ3n) is 5.88. The number of benzene rings is 1. The lowest BCUT2D eigenvalue weighted by atomic mass is 10.2. The van der Waals surface area contributed by atoms with Crippen molar-refractivity contribution in [1.82, 2.24) is 20.4 Å². The number of rotatable bonds is 12. The van der Waals surface area contributed by atoms with Crippen LogP contribution in [0.15, 0.2) is 23.2 Å². The normalized spacial score (nSPS) is 17.4. The topological polar surface area (TPSA) is 61.4 Å². The Morgan fingerprint density at radius 1 is 1.20 bits per heavy atom. The molecule has 0 amide bonds. The molecule has 0 aliphatic carbocycles. The van der Waals surface area contributed by atoms with Crippen molar-refractivity contribution in [3.8, 4) is 11.5 Å². The van der Waals surface area contributed by atoms with Crippen molar-refractivity contribution in [2.75, 3.05) is 60.0 Å². The van der Waals surface area contributed by atoms with Gasteiger partial charge in [0.05, 0.1) is 7.11 Å². The summed E-state index contributed by atoms with van der Waals surface area (Å²) in [4.78, 5) is 9.24. The highest BCUT2D eigenvalue weighted by molar-refractivity contribution is 5.79. The first-order valence-corrected chi connectivity index (χ1v) is 11.4. The first-order valence-electron chi connectivity index (χ1n) is 11.4. The average molecular weight is 420 g/mol. The van der Waals surface area contributed by atoms with Crippen molar-refractivity contribution in [1.29, 1.82) is 0 Å². The molecule has 2 N–H and O–H groups in total. The van der Waals surface area contributed by atoms with Gasteiger partial charge in [0.15, 0.2) is 17.5 Å². The van der Waals surface area contributed by atoms with Crippen molar-refractivity contribution in [2.45, 2.75) is 46.2 Å². The molecule has 1 heterocycles. The van der Waals surface area contributed by atoms with Crippen LogP contribution in [0.4, 0.5) is 0 Å². The second-order valence-electron chi connectivity index (χ2n) is 7.59. The molecule has 170 valence electrons. The SMILES string of the molecule is CCN(CC)CCOc1ccc(CNC(=NC)NCC2CCCN2CC)cc1OC. The molecular weight excluding hydrogens is 378 g/mol. The summed E-state index contributed by atoms with van der Waals surface area (Å²) in [5.41, 5.74) is 1.13. The summed E-state index contributed by atoms with van der Waals surface area (Å²) in [6.45, 7) is 14.1. The van der Waals surface area contributed by atoms with E-state index >= 15 is 0 Å². The zero-order chi connectivity index (χ0) is 21.8. The maximum atomic E-state index is 5.95. The summed E-state index contributed by atoms with van der Waals surface area (Å²) in [7, 11) is 3.50. The number of hydrogen-bond donors (Lipinski definition) is 2. The summed E-state index contributed by atoms with van der Waals surface area (Å²) in [6, 6.07) is 6.70. The van der Waals surface area contributed by atoms with Crippen molar-refractivity contribution in [3.05, 3.63) is 23.8 Å². The van der Waals surface area contributed by atoms with Gasteiger partial charge in [-0.2, -0.15) is 0 Å². The molecule has 30 heavy (non-hydrogen) atoms. The van der Waals surface area contributed by atoms with Gasteiger partial charge in [0.2, 0.25) is 0 Å². The summed E-state index contributed by atoms with van der Waals surface area (Å²) >= 11 is 0. The predicted octanol–water partition coefficient (Wildman–Crippen LogP) is 2.57. The maximum Gasteiger partial charge on any atom is 0.191 e. The monoisotopic (exact) mass is 419 g/mol. The lowest BCUT2D eigenvalue weighted by Gasteiger charge is -2.24. The van der Waals surface area contributed by atoms with Crippen LogP contribution < -0.4 is 20.1 Å². The molecule has 0 spiro atoms. The minimum absolute atomic E-state index is 0.599. The van der Waals surface area contributed by atoms with Crippen LogP contribution in [-0.4, -0.2) is 81.8 Å².